The number of amides is 1. The number of ether oxygens (including phenoxy) is 1. The molecule has 2 N–H and O–H groups in total. The van der Waals surface area contributed by atoms with Crippen molar-refractivity contribution in [3.8, 4) is 0 Å². The van der Waals surface area contributed by atoms with E-state index in [1.807, 2.05) is 32.0 Å². The molecule has 4 heteroatoms. The van der Waals surface area contributed by atoms with Crippen LogP contribution in [0.1, 0.15) is 19.4 Å². The standard InChI is InChI=1S/C13H18N2O2/c1-9(2)8-17-13(16)15-7-6-10-11(14)4-3-5-12(10)15/h3-5,9H,6-8,14H2,1-2H3. The number of fused-ring (bicyclic) bond motifs is 1. The molecule has 1 amide bonds. The van der Waals surface area contributed by atoms with Crippen molar-refractivity contribution in [2.75, 3.05) is 23.8 Å². The third-order valence-electron chi connectivity index (χ3n) is 2.82. The molecule has 0 saturated heterocycles. The van der Waals surface area contributed by atoms with Gasteiger partial charge in [-0.15, -0.1) is 0 Å². The van der Waals surface area contributed by atoms with Crippen LogP contribution in [0.15, 0.2) is 18.2 Å². The number of nitrogens with zero attached hydrogens (tertiary/aromatic N) is 1. The van der Waals surface area contributed by atoms with Crippen molar-refractivity contribution < 1.29 is 9.53 Å². The molecule has 0 unspecified atom stereocenters. The van der Waals surface area contributed by atoms with Gasteiger partial charge in [0.2, 0.25) is 0 Å². The molecule has 0 aliphatic carbocycles. The second-order valence-electron chi connectivity index (χ2n) is 4.72. The number of hydrogen-bond donors (Lipinski definition) is 1. The van der Waals surface area contributed by atoms with Crippen LogP contribution >= 0.6 is 0 Å². The topological polar surface area (TPSA) is 55.6 Å². The fourth-order valence-corrected chi connectivity index (χ4v) is 1.97. The van der Waals surface area contributed by atoms with Crippen LogP contribution in [0.5, 0.6) is 0 Å². The molecule has 0 bridgehead atoms. The van der Waals surface area contributed by atoms with Gasteiger partial charge in [0.25, 0.3) is 0 Å². The highest BCUT2D eigenvalue weighted by atomic mass is 16.6. The minimum atomic E-state index is -0.275. The number of carbonyl (C=O) groups is 1. The van der Waals surface area contributed by atoms with Crippen LogP contribution in [-0.4, -0.2) is 19.2 Å². The van der Waals surface area contributed by atoms with Crippen molar-refractivity contribution in [2.24, 2.45) is 5.92 Å². The molecule has 0 spiro atoms. The summed E-state index contributed by atoms with van der Waals surface area (Å²) in [5.41, 5.74) is 8.57. The maximum atomic E-state index is 11.9. The molecule has 0 fully saturated rings. The first kappa shape index (κ1) is 11.8. The summed E-state index contributed by atoms with van der Waals surface area (Å²) in [5.74, 6) is 0.349. The summed E-state index contributed by atoms with van der Waals surface area (Å²) in [6.07, 6.45) is 0.529. The maximum Gasteiger partial charge on any atom is 0.414 e. The molecule has 1 heterocycles. The smallest absolute Gasteiger partial charge is 0.414 e. The van der Waals surface area contributed by atoms with Crippen molar-refractivity contribution in [2.45, 2.75) is 20.3 Å². The monoisotopic (exact) mass is 234 g/mol. The van der Waals surface area contributed by atoms with Crippen molar-refractivity contribution in [3.05, 3.63) is 23.8 Å². The van der Waals surface area contributed by atoms with Gasteiger partial charge < -0.3 is 10.5 Å². The van der Waals surface area contributed by atoms with E-state index in [1.165, 1.54) is 0 Å². The van der Waals surface area contributed by atoms with Gasteiger partial charge in [-0.2, -0.15) is 0 Å². The lowest BCUT2D eigenvalue weighted by atomic mass is 10.1. The van der Waals surface area contributed by atoms with Gasteiger partial charge in [0.1, 0.15) is 0 Å². The summed E-state index contributed by atoms with van der Waals surface area (Å²) in [5, 5.41) is 0. The van der Waals surface area contributed by atoms with Crippen LogP contribution in [-0.2, 0) is 11.2 Å². The molecule has 1 aromatic carbocycles. The predicted octanol–water partition coefficient (Wildman–Crippen LogP) is 2.42. The van der Waals surface area contributed by atoms with E-state index in [4.69, 9.17) is 10.5 Å². The first-order valence-electron chi connectivity index (χ1n) is 5.91. The van der Waals surface area contributed by atoms with E-state index in [-0.39, 0.29) is 6.09 Å². The summed E-state index contributed by atoms with van der Waals surface area (Å²) in [4.78, 5) is 13.5. The molecule has 1 aliphatic rings. The quantitative estimate of drug-likeness (QED) is 0.799. The minimum Gasteiger partial charge on any atom is -0.449 e. The molecule has 92 valence electrons. The molecule has 1 aliphatic heterocycles. The number of nitrogens with two attached hydrogens (primary N) is 1. The number of rotatable bonds is 2. The fourth-order valence-electron chi connectivity index (χ4n) is 1.97. The Labute approximate surface area is 101 Å². The summed E-state index contributed by atoms with van der Waals surface area (Å²) >= 11 is 0. The minimum absolute atomic E-state index is 0.275. The Morgan fingerprint density at radius 3 is 3.00 bits per heavy atom. The van der Waals surface area contributed by atoms with Gasteiger partial charge in [0.05, 0.1) is 12.3 Å². The van der Waals surface area contributed by atoms with Gasteiger partial charge in [-0.25, -0.2) is 4.79 Å². The largest absolute Gasteiger partial charge is 0.449 e. The molecule has 0 saturated carbocycles. The third kappa shape index (κ3) is 2.35. The number of carbonyl (C=O) groups excluding carboxylic acids is 1. The van der Waals surface area contributed by atoms with Crippen LogP contribution < -0.4 is 10.6 Å². The average molecular weight is 234 g/mol. The van der Waals surface area contributed by atoms with Crippen molar-refractivity contribution in [1.29, 1.82) is 0 Å². The lowest BCUT2D eigenvalue weighted by Crippen LogP contribution is -2.30. The maximum absolute atomic E-state index is 11.9. The van der Waals surface area contributed by atoms with Gasteiger partial charge in [0, 0.05) is 17.8 Å². The van der Waals surface area contributed by atoms with E-state index in [1.54, 1.807) is 4.90 Å². The lowest BCUT2D eigenvalue weighted by Gasteiger charge is -2.18. The van der Waals surface area contributed by atoms with E-state index in [9.17, 15) is 4.79 Å². The first-order valence-corrected chi connectivity index (χ1v) is 5.91. The number of benzene rings is 1. The summed E-state index contributed by atoms with van der Waals surface area (Å²) in [6.45, 7) is 5.14. The van der Waals surface area contributed by atoms with Crippen LogP contribution in [0.4, 0.5) is 16.2 Å². The summed E-state index contributed by atoms with van der Waals surface area (Å²) in [6, 6.07) is 5.64. The summed E-state index contributed by atoms with van der Waals surface area (Å²) < 4.78 is 5.23. The number of nitrogen functional groups attached to an aromatic ring is 1. The molecule has 0 atom stereocenters. The summed E-state index contributed by atoms with van der Waals surface area (Å²) in [7, 11) is 0. The second-order valence-corrected chi connectivity index (χ2v) is 4.72. The highest BCUT2D eigenvalue weighted by molar-refractivity contribution is 5.91. The van der Waals surface area contributed by atoms with Gasteiger partial charge >= 0.3 is 6.09 Å². The normalized spacial score (nSPS) is 13.9. The molecular weight excluding hydrogens is 216 g/mol. The van der Waals surface area contributed by atoms with E-state index in [0.717, 1.165) is 23.4 Å². The van der Waals surface area contributed by atoms with Crippen LogP contribution in [0.3, 0.4) is 0 Å². The van der Waals surface area contributed by atoms with Crippen molar-refractivity contribution in [3.63, 3.8) is 0 Å². The zero-order chi connectivity index (χ0) is 12.4. The zero-order valence-electron chi connectivity index (χ0n) is 10.3. The Morgan fingerprint density at radius 2 is 2.29 bits per heavy atom. The van der Waals surface area contributed by atoms with Crippen LogP contribution in [0, 0.1) is 5.92 Å². The molecule has 4 nitrogen and oxygen atoms in total. The molecule has 1 aromatic rings. The Kier molecular flexibility index (Phi) is 3.22. The van der Waals surface area contributed by atoms with Crippen LogP contribution in [0.2, 0.25) is 0 Å². The molecule has 2 rings (SSSR count). The zero-order valence-corrected chi connectivity index (χ0v) is 10.3. The average Bonchev–Trinajstić information content (AvgIpc) is 2.71. The lowest BCUT2D eigenvalue weighted by molar-refractivity contribution is 0.140. The second kappa shape index (κ2) is 4.65. The third-order valence-corrected chi connectivity index (χ3v) is 2.82. The highest BCUT2D eigenvalue weighted by Crippen LogP contribution is 2.32. The predicted molar refractivity (Wildman–Crippen MR) is 68.1 cm³/mol. The molecular formula is C13H18N2O2. The Bertz CT molecular complexity index is 429. The molecule has 0 radical (unpaired) electrons. The number of hydrogen-bond acceptors (Lipinski definition) is 3. The highest BCUT2D eigenvalue weighted by Gasteiger charge is 2.26. The SMILES string of the molecule is CC(C)COC(=O)N1CCc2c(N)cccc21. The van der Waals surface area contributed by atoms with E-state index >= 15 is 0 Å². The van der Waals surface area contributed by atoms with Crippen molar-refractivity contribution >= 4 is 17.5 Å². The van der Waals surface area contributed by atoms with E-state index in [2.05, 4.69) is 0 Å². The van der Waals surface area contributed by atoms with E-state index < -0.39 is 0 Å². The van der Waals surface area contributed by atoms with Gasteiger partial charge in [-0.3, -0.25) is 4.90 Å². The Morgan fingerprint density at radius 1 is 1.53 bits per heavy atom. The number of anilines is 2. The molecule has 0 aromatic heterocycles. The Balaban J connectivity index is 2.11. The fraction of sp³-hybridized carbons (Fsp3) is 0.462. The Hall–Kier alpha value is -1.71. The van der Waals surface area contributed by atoms with E-state index in [0.29, 0.717) is 19.1 Å². The van der Waals surface area contributed by atoms with Gasteiger partial charge in [-0.1, -0.05) is 19.9 Å². The van der Waals surface area contributed by atoms with Gasteiger partial charge in [-0.05, 0) is 24.5 Å². The van der Waals surface area contributed by atoms with Crippen LogP contribution in [0.25, 0.3) is 0 Å². The van der Waals surface area contributed by atoms with Crippen molar-refractivity contribution in [1.82, 2.24) is 0 Å². The van der Waals surface area contributed by atoms with Gasteiger partial charge in [0.15, 0.2) is 0 Å². The molecule has 17 heavy (non-hydrogen) atoms. The first-order chi connectivity index (χ1) is 8.09.